The summed E-state index contributed by atoms with van der Waals surface area (Å²) in [6.45, 7) is 5.32. The summed E-state index contributed by atoms with van der Waals surface area (Å²) in [6, 6.07) is 1.67. The van der Waals surface area contributed by atoms with Gasteiger partial charge in [-0.3, -0.25) is 4.79 Å². The predicted octanol–water partition coefficient (Wildman–Crippen LogP) is 1.91. The molecule has 0 fully saturated rings. The van der Waals surface area contributed by atoms with Crippen molar-refractivity contribution in [2.45, 2.75) is 43.4 Å². The van der Waals surface area contributed by atoms with E-state index in [0.29, 0.717) is 10.5 Å². The molecule has 0 aliphatic carbocycles. The third kappa shape index (κ3) is 3.80. The average molecular weight is 363 g/mol. The number of carbonyl (C=O) groups excluding carboxylic acids is 1. The van der Waals surface area contributed by atoms with Gasteiger partial charge in [-0.15, -0.1) is 10.2 Å². The lowest BCUT2D eigenvalue weighted by molar-refractivity contribution is -0.146. The van der Waals surface area contributed by atoms with E-state index < -0.39 is 23.2 Å². The van der Waals surface area contributed by atoms with Gasteiger partial charge in [-0.25, -0.2) is 9.36 Å². The molecule has 0 unspecified atom stereocenters. The van der Waals surface area contributed by atoms with E-state index in [2.05, 4.69) is 20.6 Å². The lowest BCUT2D eigenvalue weighted by Gasteiger charge is -2.14. The average Bonchev–Trinajstić information content (AvgIpc) is 3.05. The highest BCUT2D eigenvalue weighted by molar-refractivity contribution is 8.00. The molecule has 132 valence electrons. The second kappa shape index (κ2) is 6.71. The van der Waals surface area contributed by atoms with Crippen LogP contribution in [0.15, 0.2) is 17.4 Å². The highest BCUT2D eigenvalue weighted by Gasteiger charge is 2.38. The molecule has 0 aromatic carbocycles. The fourth-order valence-electron chi connectivity index (χ4n) is 1.81. The van der Waals surface area contributed by atoms with E-state index in [9.17, 15) is 18.0 Å². The van der Waals surface area contributed by atoms with E-state index in [-0.39, 0.29) is 11.2 Å². The van der Waals surface area contributed by atoms with Crippen molar-refractivity contribution < 1.29 is 18.0 Å². The number of thioether (sulfide) groups is 1. The van der Waals surface area contributed by atoms with E-state index in [1.807, 2.05) is 13.8 Å². The number of carbonyl (C=O) groups is 1. The predicted molar refractivity (Wildman–Crippen MR) is 81.7 cm³/mol. The molecule has 3 N–H and O–H groups in total. The molecule has 2 heterocycles. The number of alkyl halides is 3. The Kier molecular flexibility index (Phi) is 5.06. The Morgan fingerprint density at radius 3 is 2.54 bits per heavy atom. The van der Waals surface area contributed by atoms with E-state index >= 15 is 0 Å². The summed E-state index contributed by atoms with van der Waals surface area (Å²) >= 11 is 0.774. The molecule has 2 aromatic heterocycles. The number of nitrogens with two attached hydrogens (primary N) is 1. The van der Waals surface area contributed by atoms with Gasteiger partial charge in [0.15, 0.2) is 0 Å². The lowest BCUT2D eigenvalue weighted by atomic mass is 10.4. The highest BCUT2D eigenvalue weighted by atomic mass is 32.2. The topological polar surface area (TPSA) is 104 Å². The number of hydrogen-bond donors (Lipinski definition) is 2. The first kappa shape index (κ1) is 18.1. The van der Waals surface area contributed by atoms with Gasteiger partial charge in [0.05, 0.1) is 11.4 Å². The fraction of sp³-hybridized carbons (Fsp3) is 0.500. The summed E-state index contributed by atoms with van der Waals surface area (Å²) in [7, 11) is 0. The van der Waals surface area contributed by atoms with Gasteiger partial charge in [-0.1, -0.05) is 11.8 Å². The second-order valence-electron chi connectivity index (χ2n) is 5.18. The molecule has 0 bridgehead atoms. The van der Waals surface area contributed by atoms with Gasteiger partial charge in [0.1, 0.15) is 5.82 Å². The number of hydrogen-bond acceptors (Lipinski definition) is 6. The van der Waals surface area contributed by atoms with Crippen molar-refractivity contribution in [2.24, 2.45) is 0 Å². The van der Waals surface area contributed by atoms with Crippen LogP contribution in [0, 0.1) is 0 Å². The largest absolute Gasteiger partial charge is 0.453 e. The van der Waals surface area contributed by atoms with Crippen molar-refractivity contribution in [3.8, 4) is 0 Å². The molecule has 8 nitrogen and oxygen atoms in total. The number of rotatable bonds is 5. The number of nitrogens with zero attached hydrogens (tertiary/aromatic N) is 5. The molecule has 1 amide bonds. The van der Waals surface area contributed by atoms with Crippen LogP contribution in [0.2, 0.25) is 0 Å². The maximum absolute atomic E-state index is 12.6. The van der Waals surface area contributed by atoms with Gasteiger partial charge in [-0.2, -0.15) is 18.3 Å². The Balaban J connectivity index is 2.07. The van der Waals surface area contributed by atoms with Gasteiger partial charge < -0.3 is 11.2 Å². The highest BCUT2D eigenvalue weighted by Crippen LogP contribution is 2.30. The third-order valence-electron chi connectivity index (χ3n) is 2.98. The van der Waals surface area contributed by atoms with E-state index in [4.69, 9.17) is 5.84 Å². The minimum absolute atomic E-state index is 0.0414. The molecule has 1 atom stereocenters. The molecule has 0 saturated heterocycles. The summed E-state index contributed by atoms with van der Waals surface area (Å²) < 4.78 is 39.8. The van der Waals surface area contributed by atoms with Crippen LogP contribution < -0.4 is 11.2 Å². The Morgan fingerprint density at radius 1 is 1.33 bits per heavy atom. The van der Waals surface area contributed by atoms with Crippen LogP contribution in [0.25, 0.3) is 0 Å². The maximum Gasteiger partial charge on any atom is 0.453 e. The van der Waals surface area contributed by atoms with E-state index in [0.717, 1.165) is 11.8 Å². The zero-order valence-corrected chi connectivity index (χ0v) is 13.9. The van der Waals surface area contributed by atoms with E-state index in [1.54, 1.807) is 16.9 Å². The molecule has 0 saturated carbocycles. The number of amides is 1. The number of anilines is 1. The SMILES string of the molecule is CC(C)n1nccc1NC(=O)[C@H](C)Sc1nnc(C(F)(F)F)n1N. The minimum Gasteiger partial charge on any atom is -0.335 e. The molecule has 0 radical (unpaired) electrons. The van der Waals surface area contributed by atoms with Gasteiger partial charge >= 0.3 is 6.18 Å². The normalized spacial score (nSPS) is 13.3. The quantitative estimate of drug-likeness (QED) is 0.621. The monoisotopic (exact) mass is 363 g/mol. The number of aromatic nitrogens is 5. The van der Waals surface area contributed by atoms with Crippen molar-refractivity contribution in [3.05, 3.63) is 18.1 Å². The van der Waals surface area contributed by atoms with Crippen LogP contribution in [0.1, 0.15) is 32.6 Å². The van der Waals surface area contributed by atoms with Crippen molar-refractivity contribution >= 4 is 23.5 Å². The summed E-state index contributed by atoms with van der Waals surface area (Å²) in [6.07, 6.45) is -3.17. The van der Waals surface area contributed by atoms with Crippen LogP contribution in [0.3, 0.4) is 0 Å². The first-order chi connectivity index (χ1) is 11.1. The van der Waals surface area contributed by atoms with Gasteiger partial charge in [0, 0.05) is 12.1 Å². The molecular weight excluding hydrogens is 347 g/mol. The summed E-state index contributed by atoms with van der Waals surface area (Å²) in [5.74, 6) is 4.09. The first-order valence-corrected chi connectivity index (χ1v) is 7.78. The van der Waals surface area contributed by atoms with Crippen LogP contribution in [0.4, 0.5) is 19.0 Å². The lowest BCUT2D eigenvalue weighted by Crippen LogP contribution is -2.26. The van der Waals surface area contributed by atoms with Crippen LogP contribution in [-0.4, -0.2) is 35.8 Å². The van der Waals surface area contributed by atoms with Gasteiger partial charge in [-0.05, 0) is 20.8 Å². The molecule has 12 heteroatoms. The smallest absolute Gasteiger partial charge is 0.335 e. The molecule has 2 rings (SSSR count). The molecule has 2 aromatic rings. The van der Waals surface area contributed by atoms with E-state index in [1.165, 1.54) is 6.92 Å². The maximum atomic E-state index is 12.6. The number of nitrogen functional groups attached to an aromatic ring is 1. The third-order valence-corrected chi connectivity index (χ3v) is 4.04. The second-order valence-corrected chi connectivity index (χ2v) is 6.49. The van der Waals surface area contributed by atoms with Crippen LogP contribution in [-0.2, 0) is 11.0 Å². The zero-order valence-electron chi connectivity index (χ0n) is 13.1. The van der Waals surface area contributed by atoms with Crippen molar-refractivity contribution in [3.63, 3.8) is 0 Å². The van der Waals surface area contributed by atoms with Gasteiger partial charge in [0.2, 0.25) is 11.1 Å². The standard InChI is InChI=1S/C12H16F3N7OS/c1-6(2)22-8(4-5-17-22)18-9(23)7(3)24-11-20-19-10(21(11)16)12(13,14)15/h4-7H,16H2,1-3H3,(H,18,23)/t7-/m0/s1. The molecule has 0 aliphatic rings. The minimum atomic E-state index is -4.71. The summed E-state index contributed by atoms with van der Waals surface area (Å²) in [5.41, 5.74) is 0. The zero-order chi connectivity index (χ0) is 18.1. The molecule has 24 heavy (non-hydrogen) atoms. The van der Waals surface area contributed by atoms with Gasteiger partial charge in [0.25, 0.3) is 5.82 Å². The molecule has 0 aliphatic heterocycles. The summed E-state index contributed by atoms with van der Waals surface area (Å²) in [4.78, 5) is 12.2. The van der Waals surface area contributed by atoms with Crippen LogP contribution >= 0.6 is 11.8 Å². The Morgan fingerprint density at radius 2 is 2.00 bits per heavy atom. The number of halogens is 3. The van der Waals surface area contributed by atoms with Crippen molar-refractivity contribution in [1.29, 1.82) is 0 Å². The molecular formula is C12H16F3N7OS. The van der Waals surface area contributed by atoms with Crippen LogP contribution in [0.5, 0.6) is 0 Å². The van der Waals surface area contributed by atoms with Crippen molar-refractivity contribution in [2.75, 3.05) is 11.2 Å². The summed E-state index contributed by atoms with van der Waals surface area (Å²) in [5, 5.41) is 12.2. The fourth-order valence-corrected chi connectivity index (χ4v) is 2.59. The number of nitrogens with one attached hydrogen (secondary N) is 1. The Bertz CT molecular complexity index is 725. The first-order valence-electron chi connectivity index (χ1n) is 6.90. The Hall–Kier alpha value is -2.24. The molecule has 0 spiro atoms. The Labute approximate surface area is 139 Å². The van der Waals surface area contributed by atoms with Crippen molar-refractivity contribution in [1.82, 2.24) is 24.7 Å².